The molecule has 0 spiro atoms. The number of carbonyl (C=O) groups excluding carboxylic acids is 1. The Kier molecular flexibility index (Phi) is 4.02. The first-order valence-corrected chi connectivity index (χ1v) is 7.39. The third kappa shape index (κ3) is 2.72. The van der Waals surface area contributed by atoms with Gasteiger partial charge < -0.3 is 11.1 Å². The summed E-state index contributed by atoms with van der Waals surface area (Å²) in [5, 5.41) is 5.69. The van der Waals surface area contributed by atoms with Gasteiger partial charge in [0.15, 0.2) is 0 Å². The standard InChI is InChI=1S/C13H21N3OS/c1-7-4-5-10(8(7)2)15-12(17)11-6-18-13(16-11)9(3)14/h6-10H,4-5,14H2,1-3H3,(H,15,17). The van der Waals surface area contributed by atoms with Crippen molar-refractivity contribution in [3.8, 4) is 0 Å². The predicted octanol–water partition coefficient (Wildman–Crippen LogP) is 2.33. The fourth-order valence-electron chi connectivity index (χ4n) is 2.41. The van der Waals surface area contributed by atoms with Gasteiger partial charge in [0, 0.05) is 11.4 Å². The van der Waals surface area contributed by atoms with Crippen molar-refractivity contribution in [2.45, 2.75) is 45.7 Å². The Morgan fingerprint density at radius 3 is 2.78 bits per heavy atom. The van der Waals surface area contributed by atoms with Crippen molar-refractivity contribution < 1.29 is 4.79 Å². The third-order valence-electron chi connectivity index (χ3n) is 3.93. The van der Waals surface area contributed by atoms with E-state index >= 15 is 0 Å². The first-order valence-electron chi connectivity index (χ1n) is 6.51. The van der Waals surface area contributed by atoms with E-state index < -0.39 is 0 Å². The highest BCUT2D eigenvalue weighted by Crippen LogP contribution is 2.31. The molecular weight excluding hydrogens is 246 g/mol. The summed E-state index contributed by atoms with van der Waals surface area (Å²) in [6, 6.07) is 0.176. The van der Waals surface area contributed by atoms with E-state index in [0.29, 0.717) is 17.5 Å². The number of nitrogens with two attached hydrogens (primary N) is 1. The molecule has 0 aromatic carbocycles. The van der Waals surface area contributed by atoms with Gasteiger partial charge in [0.1, 0.15) is 10.7 Å². The summed E-state index contributed by atoms with van der Waals surface area (Å²) in [5.74, 6) is 1.16. The van der Waals surface area contributed by atoms with Crippen molar-refractivity contribution in [1.29, 1.82) is 0 Å². The molecule has 3 N–H and O–H groups in total. The molecule has 0 bridgehead atoms. The van der Waals surface area contributed by atoms with Gasteiger partial charge in [-0.1, -0.05) is 13.8 Å². The van der Waals surface area contributed by atoms with Crippen molar-refractivity contribution in [3.63, 3.8) is 0 Å². The number of hydrogen-bond acceptors (Lipinski definition) is 4. The van der Waals surface area contributed by atoms with E-state index in [1.807, 2.05) is 6.92 Å². The Morgan fingerprint density at radius 1 is 1.56 bits per heavy atom. The lowest BCUT2D eigenvalue weighted by atomic mass is 9.98. The molecule has 0 aliphatic heterocycles. The van der Waals surface area contributed by atoms with E-state index in [9.17, 15) is 4.79 Å². The maximum atomic E-state index is 12.1. The van der Waals surface area contributed by atoms with Crippen molar-refractivity contribution in [2.75, 3.05) is 0 Å². The van der Waals surface area contributed by atoms with Gasteiger partial charge in [-0.25, -0.2) is 4.98 Å². The highest BCUT2D eigenvalue weighted by atomic mass is 32.1. The molecule has 0 saturated heterocycles. The smallest absolute Gasteiger partial charge is 0.270 e. The van der Waals surface area contributed by atoms with Crippen molar-refractivity contribution in [3.05, 3.63) is 16.1 Å². The zero-order chi connectivity index (χ0) is 13.3. The van der Waals surface area contributed by atoms with Crippen LogP contribution in [0, 0.1) is 11.8 Å². The fourth-order valence-corrected chi connectivity index (χ4v) is 3.17. The Bertz CT molecular complexity index is 430. The number of nitrogens with zero attached hydrogens (tertiary/aromatic N) is 1. The van der Waals surface area contributed by atoms with Gasteiger partial charge in [0.2, 0.25) is 0 Å². The highest BCUT2D eigenvalue weighted by Gasteiger charge is 2.31. The number of thiazole rings is 1. The Morgan fingerprint density at radius 2 is 2.28 bits per heavy atom. The van der Waals surface area contributed by atoms with E-state index in [1.165, 1.54) is 17.8 Å². The maximum absolute atomic E-state index is 12.1. The molecule has 4 atom stereocenters. The van der Waals surface area contributed by atoms with E-state index in [-0.39, 0.29) is 18.0 Å². The molecule has 1 heterocycles. The highest BCUT2D eigenvalue weighted by molar-refractivity contribution is 7.09. The molecule has 18 heavy (non-hydrogen) atoms. The maximum Gasteiger partial charge on any atom is 0.270 e. The van der Waals surface area contributed by atoms with Crippen molar-refractivity contribution in [1.82, 2.24) is 10.3 Å². The number of rotatable bonds is 3. The van der Waals surface area contributed by atoms with Gasteiger partial charge in [-0.3, -0.25) is 4.79 Å². The minimum absolute atomic E-state index is 0.0656. The predicted molar refractivity (Wildman–Crippen MR) is 73.5 cm³/mol. The lowest BCUT2D eigenvalue weighted by molar-refractivity contribution is 0.0923. The second kappa shape index (κ2) is 5.36. The molecule has 0 radical (unpaired) electrons. The lowest BCUT2D eigenvalue weighted by Gasteiger charge is -2.18. The minimum Gasteiger partial charge on any atom is -0.348 e. The van der Waals surface area contributed by atoms with Crippen LogP contribution in [-0.4, -0.2) is 16.9 Å². The lowest BCUT2D eigenvalue weighted by Crippen LogP contribution is -2.37. The third-order valence-corrected chi connectivity index (χ3v) is 4.97. The summed E-state index contributed by atoms with van der Waals surface area (Å²) in [6.07, 6.45) is 2.26. The molecule has 1 fully saturated rings. The monoisotopic (exact) mass is 267 g/mol. The molecule has 1 aliphatic carbocycles. The number of hydrogen-bond donors (Lipinski definition) is 2. The summed E-state index contributed by atoms with van der Waals surface area (Å²) in [4.78, 5) is 16.4. The largest absolute Gasteiger partial charge is 0.348 e. The Hall–Kier alpha value is -0.940. The molecule has 1 aromatic heterocycles. The zero-order valence-electron chi connectivity index (χ0n) is 11.1. The van der Waals surface area contributed by atoms with Gasteiger partial charge in [0.25, 0.3) is 5.91 Å². The van der Waals surface area contributed by atoms with Gasteiger partial charge in [-0.2, -0.15) is 0 Å². The van der Waals surface area contributed by atoms with Crippen LogP contribution in [0.15, 0.2) is 5.38 Å². The van der Waals surface area contributed by atoms with E-state index in [1.54, 1.807) is 5.38 Å². The van der Waals surface area contributed by atoms with Crippen LogP contribution < -0.4 is 11.1 Å². The molecule has 1 amide bonds. The first-order chi connectivity index (χ1) is 8.49. The SMILES string of the molecule is CC(N)c1nc(C(=O)NC2CCC(C)C2C)cs1. The van der Waals surface area contributed by atoms with Crippen LogP contribution in [-0.2, 0) is 0 Å². The number of amides is 1. The van der Waals surface area contributed by atoms with Gasteiger partial charge in [-0.05, 0) is 31.6 Å². The van der Waals surface area contributed by atoms with E-state index in [0.717, 1.165) is 11.4 Å². The zero-order valence-corrected chi connectivity index (χ0v) is 12.0. The molecule has 1 aromatic rings. The van der Waals surface area contributed by atoms with Crippen LogP contribution in [0.2, 0.25) is 0 Å². The van der Waals surface area contributed by atoms with Crippen LogP contribution in [0.5, 0.6) is 0 Å². The average molecular weight is 267 g/mol. The van der Waals surface area contributed by atoms with Crippen LogP contribution in [0.4, 0.5) is 0 Å². The number of aromatic nitrogens is 1. The van der Waals surface area contributed by atoms with Crippen LogP contribution in [0.3, 0.4) is 0 Å². The van der Waals surface area contributed by atoms with Crippen molar-refractivity contribution >= 4 is 17.2 Å². The number of nitrogens with one attached hydrogen (secondary N) is 1. The summed E-state index contributed by atoms with van der Waals surface area (Å²) in [5.41, 5.74) is 6.25. The van der Waals surface area contributed by atoms with Gasteiger partial charge in [-0.15, -0.1) is 11.3 Å². The molecule has 5 heteroatoms. The molecule has 100 valence electrons. The molecule has 4 unspecified atom stereocenters. The fraction of sp³-hybridized carbons (Fsp3) is 0.692. The van der Waals surface area contributed by atoms with E-state index in [2.05, 4.69) is 24.1 Å². The first kappa shape index (κ1) is 13.5. The number of carbonyl (C=O) groups is 1. The molecule has 1 aliphatic rings. The molecule has 4 nitrogen and oxygen atoms in total. The molecule has 2 rings (SSSR count). The van der Waals surface area contributed by atoms with E-state index in [4.69, 9.17) is 5.73 Å². The summed E-state index contributed by atoms with van der Waals surface area (Å²) in [6.45, 7) is 6.33. The van der Waals surface area contributed by atoms with Crippen LogP contribution in [0.1, 0.15) is 55.2 Å². The normalized spacial score (nSPS) is 29.2. The quantitative estimate of drug-likeness (QED) is 0.883. The Balaban J connectivity index is 1.99. The molecule has 1 saturated carbocycles. The second-order valence-corrected chi connectivity index (χ2v) is 6.24. The van der Waals surface area contributed by atoms with Gasteiger partial charge in [0.05, 0.1) is 6.04 Å². The average Bonchev–Trinajstić information content (AvgIpc) is 2.91. The minimum atomic E-state index is -0.109. The van der Waals surface area contributed by atoms with Crippen molar-refractivity contribution in [2.24, 2.45) is 17.6 Å². The van der Waals surface area contributed by atoms with Crippen LogP contribution in [0.25, 0.3) is 0 Å². The molecular formula is C13H21N3OS. The van der Waals surface area contributed by atoms with Gasteiger partial charge >= 0.3 is 0 Å². The second-order valence-electron chi connectivity index (χ2n) is 5.35. The summed E-state index contributed by atoms with van der Waals surface area (Å²) in [7, 11) is 0. The van der Waals surface area contributed by atoms with Crippen LogP contribution >= 0.6 is 11.3 Å². The topological polar surface area (TPSA) is 68.0 Å². The summed E-state index contributed by atoms with van der Waals surface area (Å²) < 4.78 is 0. The Labute approximate surface area is 112 Å². The summed E-state index contributed by atoms with van der Waals surface area (Å²) >= 11 is 1.45.